The first kappa shape index (κ1) is 37.1. The van der Waals surface area contributed by atoms with Crippen molar-refractivity contribution in [3.63, 3.8) is 0 Å². The molecule has 3 aliphatic rings. The largest absolute Gasteiger partial charge is 0.497 e. The fourth-order valence-electron chi connectivity index (χ4n) is 6.34. The van der Waals surface area contributed by atoms with Crippen LogP contribution in [0.1, 0.15) is 33.8 Å². The van der Waals surface area contributed by atoms with Crippen LogP contribution in [0.25, 0.3) is 0 Å². The van der Waals surface area contributed by atoms with Crippen molar-refractivity contribution < 1.29 is 51.5 Å². The molecule has 6 rings (SSSR count). The lowest BCUT2D eigenvalue weighted by molar-refractivity contribution is -0.154. The number of methoxy groups -OCH3 is 2. The van der Waals surface area contributed by atoms with Gasteiger partial charge in [0.25, 0.3) is 5.91 Å². The third-order valence-electron chi connectivity index (χ3n) is 9.22. The SMILES string of the molecule is COC(=O)c1ccc(C2C=C(C(=O)N3CCN(Cc4ccc5c(c4)OCO5)CC3)OC(OCCN(CCO)S(=O)(=O)c3ccc(OC)cc3)C2)cc1. The summed E-state index contributed by atoms with van der Waals surface area (Å²) < 4.78 is 61.1. The molecule has 14 nitrogen and oxygen atoms in total. The highest BCUT2D eigenvalue weighted by molar-refractivity contribution is 7.89. The smallest absolute Gasteiger partial charge is 0.337 e. The molecule has 0 aromatic heterocycles. The van der Waals surface area contributed by atoms with Crippen LogP contribution in [0.2, 0.25) is 0 Å². The van der Waals surface area contributed by atoms with Gasteiger partial charge in [-0.2, -0.15) is 4.31 Å². The Morgan fingerprint density at radius 1 is 0.923 bits per heavy atom. The van der Waals surface area contributed by atoms with Crippen LogP contribution in [0.3, 0.4) is 0 Å². The molecule has 52 heavy (non-hydrogen) atoms. The minimum atomic E-state index is -3.95. The third-order valence-corrected chi connectivity index (χ3v) is 11.1. The Morgan fingerprint density at radius 2 is 1.65 bits per heavy atom. The molecule has 2 atom stereocenters. The first-order chi connectivity index (χ1) is 25.2. The van der Waals surface area contributed by atoms with E-state index in [1.807, 2.05) is 18.2 Å². The Labute approximate surface area is 303 Å². The van der Waals surface area contributed by atoms with E-state index in [4.69, 9.17) is 28.4 Å². The van der Waals surface area contributed by atoms with Crippen molar-refractivity contribution in [3.05, 3.63) is 95.3 Å². The zero-order valence-electron chi connectivity index (χ0n) is 29.1. The molecule has 0 spiro atoms. The van der Waals surface area contributed by atoms with Gasteiger partial charge < -0.3 is 38.4 Å². The highest BCUT2D eigenvalue weighted by atomic mass is 32.2. The monoisotopic (exact) mass is 737 g/mol. The summed E-state index contributed by atoms with van der Waals surface area (Å²) in [7, 11) is -1.14. The maximum Gasteiger partial charge on any atom is 0.337 e. The Hall–Kier alpha value is -4.67. The van der Waals surface area contributed by atoms with Crippen LogP contribution < -0.4 is 14.2 Å². The van der Waals surface area contributed by atoms with E-state index >= 15 is 0 Å². The van der Waals surface area contributed by atoms with E-state index in [0.717, 1.165) is 26.9 Å². The van der Waals surface area contributed by atoms with E-state index < -0.39 is 22.3 Å². The van der Waals surface area contributed by atoms with Gasteiger partial charge in [-0.15, -0.1) is 0 Å². The van der Waals surface area contributed by atoms with Gasteiger partial charge in [-0.05, 0) is 65.7 Å². The molecule has 3 aromatic rings. The number of ether oxygens (including phenoxy) is 6. The average molecular weight is 738 g/mol. The van der Waals surface area contributed by atoms with Gasteiger partial charge in [0.1, 0.15) is 5.75 Å². The van der Waals surface area contributed by atoms with Gasteiger partial charge in [0.2, 0.25) is 23.1 Å². The third kappa shape index (κ3) is 8.68. The predicted molar refractivity (Wildman–Crippen MR) is 187 cm³/mol. The van der Waals surface area contributed by atoms with Gasteiger partial charge >= 0.3 is 5.97 Å². The van der Waals surface area contributed by atoms with Gasteiger partial charge in [-0.3, -0.25) is 9.69 Å². The number of benzene rings is 3. The number of nitrogens with zero attached hydrogens (tertiary/aromatic N) is 3. The fraction of sp³-hybridized carbons (Fsp3) is 0.405. The van der Waals surface area contributed by atoms with Crippen LogP contribution in [0.15, 0.2) is 83.5 Å². The Morgan fingerprint density at radius 3 is 2.35 bits per heavy atom. The molecule has 1 saturated heterocycles. The summed E-state index contributed by atoms with van der Waals surface area (Å²) in [6, 6.07) is 18.8. The van der Waals surface area contributed by atoms with Crippen LogP contribution in [-0.4, -0.2) is 119 Å². The van der Waals surface area contributed by atoms with Crippen molar-refractivity contribution in [1.29, 1.82) is 0 Å². The van der Waals surface area contributed by atoms with Crippen molar-refractivity contribution in [2.45, 2.75) is 30.1 Å². The number of aliphatic hydroxyl groups excluding tert-OH is 1. The molecule has 1 amide bonds. The quantitative estimate of drug-likeness (QED) is 0.242. The molecule has 0 radical (unpaired) electrons. The number of fused-ring (bicyclic) bond motifs is 1. The van der Waals surface area contributed by atoms with E-state index in [1.54, 1.807) is 47.4 Å². The standard InChI is InChI=1S/C37H43N3O11S/c1-46-30-8-10-31(11-9-30)52(44,45)40(17-19-41)18-20-48-35-23-29(27-4-6-28(7-5-27)37(43)47-2)22-34(51-35)36(42)39-15-13-38(14-16-39)24-26-3-12-32-33(21-26)50-25-49-32/h3-12,21-22,29,35,41H,13-20,23-25H2,1-2H3. The Bertz CT molecular complexity index is 1840. The molecule has 0 saturated carbocycles. The number of allylic oxidation sites excluding steroid dienone is 1. The molecule has 0 aliphatic carbocycles. The average Bonchev–Trinajstić information content (AvgIpc) is 3.65. The molecular weight excluding hydrogens is 694 g/mol. The zero-order chi connectivity index (χ0) is 36.7. The van der Waals surface area contributed by atoms with Gasteiger partial charge in [-0.25, -0.2) is 13.2 Å². The Kier molecular flexibility index (Phi) is 12.0. The number of piperazine rings is 1. The highest BCUT2D eigenvalue weighted by Crippen LogP contribution is 2.34. The van der Waals surface area contributed by atoms with Crippen LogP contribution >= 0.6 is 0 Å². The fourth-order valence-corrected chi connectivity index (χ4v) is 7.75. The molecule has 15 heteroatoms. The molecule has 278 valence electrons. The van der Waals surface area contributed by atoms with Gasteiger partial charge in [0, 0.05) is 58.2 Å². The lowest BCUT2D eigenvalue weighted by Gasteiger charge is -2.37. The topological polar surface area (TPSA) is 154 Å². The molecular formula is C37H43N3O11S. The maximum atomic E-state index is 13.9. The summed E-state index contributed by atoms with van der Waals surface area (Å²) in [5.41, 5.74) is 2.33. The lowest BCUT2D eigenvalue weighted by atomic mass is 9.92. The van der Waals surface area contributed by atoms with Crippen molar-refractivity contribution >= 4 is 21.9 Å². The van der Waals surface area contributed by atoms with Crippen molar-refractivity contribution in [1.82, 2.24) is 14.1 Å². The highest BCUT2D eigenvalue weighted by Gasteiger charge is 2.33. The maximum absolute atomic E-state index is 13.9. The van der Waals surface area contributed by atoms with E-state index in [1.165, 1.54) is 26.4 Å². The first-order valence-corrected chi connectivity index (χ1v) is 18.5. The molecule has 1 N–H and O–H groups in total. The van der Waals surface area contributed by atoms with E-state index in [2.05, 4.69) is 4.90 Å². The number of sulfonamides is 1. The van der Waals surface area contributed by atoms with Crippen molar-refractivity contribution in [2.75, 3.05) is 73.5 Å². The van der Waals surface area contributed by atoms with E-state index in [-0.39, 0.29) is 55.6 Å². The van der Waals surface area contributed by atoms with Crippen LogP contribution in [0, 0.1) is 0 Å². The second-order valence-corrected chi connectivity index (χ2v) is 14.4. The number of hydrogen-bond donors (Lipinski definition) is 1. The van der Waals surface area contributed by atoms with Crippen LogP contribution in [0.4, 0.5) is 0 Å². The van der Waals surface area contributed by atoms with Gasteiger partial charge in [0.05, 0.1) is 37.9 Å². The summed E-state index contributed by atoms with van der Waals surface area (Å²) in [6.45, 7) is 2.59. The summed E-state index contributed by atoms with van der Waals surface area (Å²) in [6.07, 6.45) is 1.24. The second-order valence-electron chi connectivity index (χ2n) is 12.5. The molecule has 1 fully saturated rings. The molecule has 2 unspecified atom stereocenters. The number of hydrogen-bond acceptors (Lipinski definition) is 12. The first-order valence-electron chi connectivity index (χ1n) is 17.0. The summed E-state index contributed by atoms with van der Waals surface area (Å²) >= 11 is 0. The van der Waals surface area contributed by atoms with E-state index in [9.17, 15) is 23.1 Å². The molecule has 0 bridgehead atoms. The summed E-state index contributed by atoms with van der Waals surface area (Å²) in [4.78, 5) is 30.0. The molecule has 3 heterocycles. The molecule has 3 aromatic carbocycles. The number of carbonyl (C=O) groups is 2. The number of rotatable bonds is 14. The number of esters is 1. The van der Waals surface area contributed by atoms with Crippen LogP contribution in [-0.2, 0) is 35.6 Å². The van der Waals surface area contributed by atoms with E-state index in [0.29, 0.717) is 50.5 Å². The number of carbonyl (C=O) groups excluding carboxylic acids is 2. The predicted octanol–water partition coefficient (Wildman–Crippen LogP) is 2.97. The van der Waals surface area contributed by atoms with Crippen LogP contribution in [0.5, 0.6) is 17.2 Å². The second kappa shape index (κ2) is 16.8. The van der Waals surface area contributed by atoms with Crippen molar-refractivity contribution in [3.8, 4) is 17.2 Å². The molecule has 3 aliphatic heterocycles. The number of amides is 1. The number of aliphatic hydroxyl groups is 1. The summed E-state index contributed by atoms with van der Waals surface area (Å²) in [5, 5.41) is 9.67. The van der Waals surface area contributed by atoms with Crippen molar-refractivity contribution in [2.24, 2.45) is 0 Å². The van der Waals surface area contributed by atoms with Gasteiger partial charge in [-0.1, -0.05) is 18.2 Å². The lowest BCUT2D eigenvalue weighted by Crippen LogP contribution is -2.49. The minimum absolute atomic E-state index is 0.0536. The van der Waals surface area contributed by atoms with Gasteiger partial charge in [0.15, 0.2) is 17.3 Å². The Balaban J connectivity index is 1.12. The normalized spacial score (nSPS) is 18.8. The minimum Gasteiger partial charge on any atom is -0.497 e. The summed E-state index contributed by atoms with van der Waals surface area (Å²) in [5.74, 6) is 1.10. The zero-order valence-corrected chi connectivity index (χ0v) is 30.0.